The van der Waals surface area contributed by atoms with Crippen LogP contribution < -0.4 is 0 Å². The molecule has 6 nitrogen and oxygen atoms in total. The molecule has 1 aliphatic heterocycles. The summed E-state index contributed by atoms with van der Waals surface area (Å²) in [5.41, 5.74) is 0.384. The topological polar surface area (TPSA) is 80.8 Å². The lowest BCUT2D eigenvalue weighted by Crippen LogP contribution is -2.45. The Hall–Kier alpha value is -1.54. The highest BCUT2D eigenvalue weighted by Crippen LogP contribution is 2.20. The number of carbonyl (C=O) groups excluding carboxylic acids is 2. The van der Waals surface area contributed by atoms with E-state index in [-0.39, 0.29) is 36.0 Å². The highest BCUT2D eigenvalue weighted by Gasteiger charge is 2.35. The zero-order valence-electron chi connectivity index (χ0n) is 15.3. The van der Waals surface area contributed by atoms with E-state index < -0.39 is 15.8 Å². The van der Waals surface area contributed by atoms with Gasteiger partial charge in [0.1, 0.15) is 0 Å². The van der Waals surface area contributed by atoms with Gasteiger partial charge in [-0.25, -0.2) is 13.2 Å². The van der Waals surface area contributed by atoms with Crippen molar-refractivity contribution < 1.29 is 22.7 Å². The highest BCUT2D eigenvalue weighted by molar-refractivity contribution is 7.98. The summed E-state index contributed by atoms with van der Waals surface area (Å²) < 4.78 is 28.6. The standard InChI is InChI=1S/C18H25NO5S2/c1-13(2)10-19(15-8-9-26(22,23)12-15)17(20)11-24-18(21)14-4-6-16(25-3)7-5-14/h4-7,13,15H,8-12H2,1-3H3/t15-/m0/s1. The number of rotatable bonds is 7. The third-order valence-electron chi connectivity index (χ3n) is 4.18. The molecule has 0 N–H and O–H groups in total. The lowest BCUT2D eigenvalue weighted by atomic mass is 10.1. The first-order valence-corrected chi connectivity index (χ1v) is 11.6. The van der Waals surface area contributed by atoms with Crippen LogP contribution in [0.5, 0.6) is 0 Å². The first kappa shape index (κ1) is 20.8. The van der Waals surface area contributed by atoms with Crippen molar-refractivity contribution in [2.75, 3.05) is 30.9 Å². The van der Waals surface area contributed by atoms with Gasteiger partial charge in [0, 0.05) is 17.5 Å². The van der Waals surface area contributed by atoms with E-state index in [1.54, 1.807) is 28.8 Å². The summed E-state index contributed by atoms with van der Waals surface area (Å²) in [6, 6.07) is 6.62. The van der Waals surface area contributed by atoms with Crippen molar-refractivity contribution in [3.63, 3.8) is 0 Å². The molecule has 1 aromatic carbocycles. The van der Waals surface area contributed by atoms with Crippen molar-refractivity contribution in [1.82, 2.24) is 4.90 Å². The molecule has 26 heavy (non-hydrogen) atoms. The SMILES string of the molecule is CSc1ccc(C(=O)OCC(=O)N(CC(C)C)[C@H]2CCS(=O)(=O)C2)cc1. The number of amides is 1. The number of carbonyl (C=O) groups is 2. The summed E-state index contributed by atoms with van der Waals surface area (Å²) in [7, 11) is -3.09. The molecule has 8 heteroatoms. The van der Waals surface area contributed by atoms with Crippen LogP contribution in [0.25, 0.3) is 0 Å². The number of thioether (sulfide) groups is 1. The number of ether oxygens (including phenoxy) is 1. The Morgan fingerprint density at radius 1 is 1.27 bits per heavy atom. The van der Waals surface area contributed by atoms with E-state index in [1.165, 1.54) is 0 Å². The van der Waals surface area contributed by atoms with Gasteiger partial charge in [-0.3, -0.25) is 4.79 Å². The van der Waals surface area contributed by atoms with E-state index in [2.05, 4.69) is 0 Å². The van der Waals surface area contributed by atoms with Crippen molar-refractivity contribution in [2.45, 2.75) is 31.2 Å². The predicted octanol–water partition coefficient (Wildman–Crippen LogP) is 2.24. The Morgan fingerprint density at radius 2 is 1.92 bits per heavy atom. The minimum Gasteiger partial charge on any atom is -0.452 e. The molecule has 0 bridgehead atoms. The van der Waals surface area contributed by atoms with Crippen LogP contribution in [-0.2, 0) is 19.4 Å². The maximum Gasteiger partial charge on any atom is 0.338 e. The molecule has 0 spiro atoms. The minimum absolute atomic E-state index is 0.0183. The van der Waals surface area contributed by atoms with Gasteiger partial charge < -0.3 is 9.64 Å². The van der Waals surface area contributed by atoms with Crippen LogP contribution in [0, 0.1) is 5.92 Å². The Morgan fingerprint density at radius 3 is 2.42 bits per heavy atom. The van der Waals surface area contributed by atoms with Crippen molar-refractivity contribution in [3.05, 3.63) is 29.8 Å². The second kappa shape index (κ2) is 8.90. The summed E-state index contributed by atoms with van der Waals surface area (Å²) in [6.45, 7) is 3.98. The smallest absolute Gasteiger partial charge is 0.338 e. The van der Waals surface area contributed by atoms with Gasteiger partial charge in [0.25, 0.3) is 5.91 Å². The third-order valence-corrected chi connectivity index (χ3v) is 6.68. The molecular weight excluding hydrogens is 374 g/mol. The molecular formula is C18H25NO5S2. The predicted molar refractivity (Wildman–Crippen MR) is 102 cm³/mol. The van der Waals surface area contributed by atoms with E-state index >= 15 is 0 Å². The van der Waals surface area contributed by atoms with Gasteiger partial charge in [-0.1, -0.05) is 13.8 Å². The molecule has 0 unspecified atom stereocenters. The van der Waals surface area contributed by atoms with Crippen molar-refractivity contribution >= 4 is 33.5 Å². The number of hydrogen-bond acceptors (Lipinski definition) is 6. The van der Waals surface area contributed by atoms with Crippen LogP contribution in [0.2, 0.25) is 0 Å². The van der Waals surface area contributed by atoms with E-state index in [9.17, 15) is 18.0 Å². The molecule has 1 aromatic rings. The Balaban J connectivity index is 1.98. The molecule has 1 fully saturated rings. The summed E-state index contributed by atoms with van der Waals surface area (Å²) >= 11 is 1.57. The summed E-state index contributed by atoms with van der Waals surface area (Å²) in [5, 5.41) is 0. The lowest BCUT2D eigenvalue weighted by Gasteiger charge is -2.29. The van der Waals surface area contributed by atoms with Crippen LogP contribution in [0.15, 0.2) is 29.2 Å². The van der Waals surface area contributed by atoms with E-state index in [4.69, 9.17) is 4.74 Å². The fourth-order valence-corrected chi connectivity index (χ4v) is 5.03. The van der Waals surface area contributed by atoms with Gasteiger partial charge in [0.2, 0.25) is 0 Å². The maximum atomic E-state index is 12.6. The molecule has 0 radical (unpaired) electrons. The van der Waals surface area contributed by atoms with Gasteiger partial charge >= 0.3 is 5.97 Å². The van der Waals surface area contributed by atoms with Gasteiger partial charge in [-0.2, -0.15) is 0 Å². The molecule has 1 amide bonds. The quantitative estimate of drug-likeness (QED) is 0.517. The Labute approximate surface area is 159 Å². The Bertz CT molecular complexity index is 743. The van der Waals surface area contributed by atoms with Crippen LogP contribution in [0.1, 0.15) is 30.6 Å². The molecule has 0 aromatic heterocycles. The maximum absolute atomic E-state index is 12.6. The molecule has 1 heterocycles. The van der Waals surface area contributed by atoms with Crippen LogP contribution >= 0.6 is 11.8 Å². The van der Waals surface area contributed by atoms with Gasteiger partial charge in [0.15, 0.2) is 16.4 Å². The molecule has 1 atom stereocenters. The number of hydrogen-bond donors (Lipinski definition) is 0. The molecule has 0 saturated carbocycles. The summed E-state index contributed by atoms with van der Waals surface area (Å²) in [4.78, 5) is 27.3. The zero-order chi connectivity index (χ0) is 19.3. The van der Waals surface area contributed by atoms with Gasteiger partial charge in [-0.05, 0) is 42.9 Å². The summed E-state index contributed by atoms with van der Waals surface area (Å²) in [6.07, 6.45) is 2.38. The van der Waals surface area contributed by atoms with Gasteiger partial charge in [0.05, 0.1) is 17.1 Å². The van der Waals surface area contributed by atoms with Crippen LogP contribution in [0.3, 0.4) is 0 Å². The van der Waals surface area contributed by atoms with Gasteiger partial charge in [-0.15, -0.1) is 11.8 Å². The largest absolute Gasteiger partial charge is 0.452 e. The second-order valence-corrected chi connectivity index (χ2v) is 9.91. The van der Waals surface area contributed by atoms with Crippen molar-refractivity contribution in [2.24, 2.45) is 5.92 Å². The van der Waals surface area contributed by atoms with E-state index in [0.29, 0.717) is 18.5 Å². The van der Waals surface area contributed by atoms with E-state index in [0.717, 1.165) is 4.90 Å². The zero-order valence-corrected chi connectivity index (χ0v) is 16.9. The number of benzene rings is 1. The van der Waals surface area contributed by atoms with Crippen LogP contribution in [-0.4, -0.2) is 62.1 Å². The van der Waals surface area contributed by atoms with Crippen molar-refractivity contribution in [1.29, 1.82) is 0 Å². The second-order valence-electron chi connectivity index (χ2n) is 6.80. The fourth-order valence-electron chi connectivity index (χ4n) is 2.89. The molecule has 1 saturated heterocycles. The number of esters is 1. The lowest BCUT2D eigenvalue weighted by molar-refractivity contribution is -0.137. The van der Waals surface area contributed by atoms with E-state index in [1.807, 2.05) is 32.2 Å². The first-order chi connectivity index (χ1) is 12.2. The highest BCUT2D eigenvalue weighted by atomic mass is 32.2. The Kier molecular flexibility index (Phi) is 7.11. The average Bonchev–Trinajstić information content (AvgIpc) is 2.96. The first-order valence-electron chi connectivity index (χ1n) is 8.53. The molecule has 144 valence electrons. The monoisotopic (exact) mass is 399 g/mol. The van der Waals surface area contributed by atoms with Crippen LogP contribution in [0.4, 0.5) is 0 Å². The summed E-state index contributed by atoms with van der Waals surface area (Å²) in [5.74, 6) is -0.641. The minimum atomic E-state index is -3.09. The fraction of sp³-hybridized carbons (Fsp3) is 0.556. The molecule has 1 aliphatic rings. The molecule has 2 rings (SSSR count). The number of sulfone groups is 1. The number of nitrogens with zero attached hydrogens (tertiary/aromatic N) is 1. The third kappa shape index (κ3) is 5.74. The molecule has 0 aliphatic carbocycles. The normalized spacial score (nSPS) is 18.7. The van der Waals surface area contributed by atoms with Crippen molar-refractivity contribution in [3.8, 4) is 0 Å². The average molecular weight is 400 g/mol.